The Kier molecular flexibility index (Phi) is 1.49. The Balaban J connectivity index is 2.91. The summed E-state index contributed by atoms with van der Waals surface area (Å²) in [4.78, 5) is 2.96. The number of rotatable bonds is 0. The molecule has 0 bridgehead atoms. The number of hydrogen-bond donors (Lipinski definition) is 2. The molecule has 1 heterocycles. The number of hydrogen-bond acceptors (Lipinski definition) is 2. The molecule has 3 nitrogen and oxygen atoms in total. The number of aromatic amines is 1. The molecule has 2 aromatic rings. The Morgan fingerprint density at radius 2 is 2.23 bits per heavy atom. The number of benzene rings is 1. The van der Waals surface area contributed by atoms with Crippen LogP contribution in [0.5, 0.6) is 0 Å². The Hall–Kier alpha value is -1.95. The maximum absolute atomic E-state index is 8.85. The molecule has 0 saturated carbocycles. The van der Waals surface area contributed by atoms with Gasteiger partial charge >= 0.3 is 0 Å². The van der Waals surface area contributed by atoms with Crippen molar-refractivity contribution in [1.29, 1.82) is 5.26 Å². The van der Waals surface area contributed by atoms with Crippen molar-refractivity contribution in [3.63, 3.8) is 0 Å². The second-order valence-corrected chi connectivity index (χ2v) is 3.07. The molecule has 0 aliphatic carbocycles. The summed E-state index contributed by atoms with van der Waals surface area (Å²) in [6.45, 7) is 1.99. The van der Waals surface area contributed by atoms with Crippen LogP contribution in [0.1, 0.15) is 11.1 Å². The summed E-state index contributed by atoms with van der Waals surface area (Å²) >= 11 is 0. The normalized spacial score (nSPS) is 10.2. The molecule has 0 saturated heterocycles. The fourth-order valence-electron chi connectivity index (χ4n) is 1.45. The highest BCUT2D eigenvalue weighted by Gasteiger charge is 2.07. The van der Waals surface area contributed by atoms with Crippen LogP contribution in [0.25, 0.3) is 10.9 Å². The zero-order chi connectivity index (χ0) is 9.42. The van der Waals surface area contributed by atoms with E-state index in [9.17, 15) is 0 Å². The van der Waals surface area contributed by atoms with Gasteiger partial charge in [0, 0.05) is 10.9 Å². The first kappa shape index (κ1) is 7.69. The summed E-state index contributed by atoms with van der Waals surface area (Å²) in [6, 6.07) is 7.97. The van der Waals surface area contributed by atoms with E-state index in [1.165, 1.54) is 0 Å². The average molecular weight is 171 g/mol. The molecule has 64 valence electrons. The second kappa shape index (κ2) is 2.53. The molecule has 0 amide bonds. The Bertz CT molecular complexity index is 503. The van der Waals surface area contributed by atoms with Gasteiger partial charge in [-0.25, -0.2) is 0 Å². The first-order chi connectivity index (χ1) is 6.22. The van der Waals surface area contributed by atoms with Crippen LogP contribution in [0.4, 0.5) is 5.82 Å². The summed E-state index contributed by atoms with van der Waals surface area (Å²) in [5, 5.41) is 9.75. The van der Waals surface area contributed by atoms with Crippen LogP contribution in [0.15, 0.2) is 18.2 Å². The summed E-state index contributed by atoms with van der Waals surface area (Å²) in [7, 11) is 0. The van der Waals surface area contributed by atoms with Crippen LogP contribution in [-0.4, -0.2) is 4.98 Å². The lowest BCUT2D eigenvalue weighted by molar-refractivity contribution is 1.44. The minimum atomic E-state index is 0.447. The van der Waals surface area contributed by atoms with Crippen LogP contribution in [0.3, 0.4) is 0 Å². The number of nitrogen functional groups attached to an aromatic ring is 1. The SMILES string of the molecule is Cc1ccc2[nH]c(N)c(C#N)c2c1. The van der Waals surface area contributed by atoms with E-state index < -0.39 is 0 Å². The lowest BCUT2D eigenvalue weighted by Crippen LogP contribution is -1.86. The lowest BCUT2D eigenvalue weighted by Gasteiger charge is -1.91. The van der Waals surface area contributed by atoms with Crippen LogP contribution in [-0.2, 0) is 0 Å². The molecule has 2 rings (SSSR count). The van der Waals surface area contributed by atoms with Gasteiger partial charge in [0.1, 0.15) is 17.5 Å². The Morgan fingerprint density at radius 3 is 2.92 bits per heavy atom. The van der Waals surface area contributed by atoms with Gasteiger partial charge in [-0.2, -0.15) is 5.26 Å². The van der Waals surface area contributed by atoms with E-state index >= 15 is 0 Å². The van der Waals surface area contributed by atoms with Gasteiger partial charge in [-0.1, -0.05) is 11.6 Å². The monoisotopic (exact) mass is 171 g/mol. The highest BCUT2D eigenvalue weighted by atomic mass is 14.8. The van der Waals surface area contributed by atoms with Crippen molar-refractivity contribution in [2.45, 2.75) is 6.92 Å². The molecule has 0 radical (unpaired) electrons. The average Bonchev–Trinajstić information content (AvgIpc) is 2.40. The molecule has 0 aliphatic heterocycles. The molecule has 3 N–H and O–H groups in total. The molecule has 3 heteroatoms. The van der Waals surface area contributed by atoms with Gasteiger partial charge in [0.15, 0.2) is 0 Å². The van der Waals surface area contributed by atoms with Crippen LogP contribution in [0, 0.1) is 18.3 Å². The van der Waals surface area contributed by atoms with Gasteiger partial charge in [-0.05, 0) is 19.1 Å². The summed E-state index contributed by atoms with van der Waals surface area (Å²) < 4.78 is 0. The minimum Gasteiger partial charge on any atom is -0.384 e. The number of anilines is 1. The molecular formula is C10H9N3. The third-order valence-corrected chi connectivity index (χ3v) is 2.09. The number of nitrogens with one attached hydrogen (secondary N) is 1. The van der Waals surface area contributed by atoms with Crippen molar-refractivity contribution < 1.29 is 0 Å². The first-order valence-corrected chi connectivity index (χ1v) is 4.00. The molecular weight excluding hydrogens is 162 g/mol. The van der Waals surface area contributed by atoms with Crippen LogP contribution >= 0.6 is 0 Å². The Labute approximate surface area is 75.8 Å². The van der Waals surface area contributed by atoms with E-state index in [4.69, 9.17) is 11.0 Å². The van der Waals surface area contributed by atoms with Crippen LogP contribution in [0.2, 0.25) is 0 Å². The van der Waals surface area contributed by atoms with Gasteiger partial charge in [0.05, 0.1) is 0 Å². The lowest BCUT2D eigenvalue weighted by atomic mass is 10.1. The molecule has 0 spiro atoms. The molecule has 13 heavy (non-hydrogen) atoms. The minimum absolute atomic E-state index is 0.447. The standard InChI is InChI=1S/C10H9N3/c1-6-2-3-9-7(4-6)8(5-11)10(12)13-9/h2-4,13H,12H2,1H3. The van der Waals surface area contributed by atoms with Gasteiger partial charge in [0.2, 0.25) is 0 Å². The van der Waals surface area contributed by atoms with Crippen LogP contribution < -0.4 is 5.73 Å². The topological polar surface area (TPSA) is 65.6 Å². The number of nitrogens with zero attached hydrogens (tertiary/aromatic N) is 1. The van der Waals surface area contributed by atoms with Gasteiger partial charge in [0.25, 0.3) is 0 Å². The van der Waals surface area contributed by atoms with Gasteiger partial charge < -0.3 is 10.7 Å². The quantitative estimate of drug-likeness (QED) is 0.636. The third kappa shape index (κ3) is 1.04. The zero-order valence-corrected chi connectivity index (χ0v) is 7.26. The molecule has 1 aromatic carbocycles. The first-order valence-electron chi connectivity index (χ1n) is 4.00. The van der Waals surface area contributed by atoms with E-state index in [-0.39, 0.29) is 0 Å². The van der Waals surface area contributed by atoms with Crippen molar-refractivity contribution in [3.8, 4) is 6.07 Å². The van der Waals surface area contributed by atoms with Crippen molar-refractivity contribution in [1.82, 2.24) is 4.98 Å². The highest BCUT2D eigenvalue weighted by Crippen LogP contribution is 2.23. The van der Waals surface area contributed by atoms with Crippen molar-refractivity contribution >= 4 is 16.7 Å². The molecule has 0 fully saturated rings. The van der Waals surface area contributed by atoms with Gasteiger partial charge in [-0.15, -0.1) is 0 Å². The van der Waals surface area contributed by atoms with E-state index in [0.29, 0.717) is 11.4 Å². The van der Waals surface area contributed by atoms with Gasteiger partial charge in [-0.3, -0.25) is 0 Å². The predicted molar refractivity (Wildman–Crippen MR) is 52.2 cm³/mol. The molecule has 0 atom stereocenters. The molecule has 1 aromatic heterocycles. The summed E-state index contributed by atoms with van der Waals surface area (Å²) in [5.41, 5.74) is 8.22. The number of fused-ring (bicyclic) bond motifs is 1. The number of nitriles is 1. The molecule has 0 aliphatic rings. The fraction of sp³-hybridized carbons (Fsp3) is 0.100. The zero-order valence-electron chi connectivity index (χ0n) is 7.26. The van der Waals surface area contributed by atoms with Crippen molar-refractivity contribution in [2.75, 3.05) is 5.73 Å². The van der Waals surface area contributed by atoms with E-state index in [1.54, 1.807) is 0 Å². The van der Waals surface area contributed by atoms with Crippen molar-refractivity contribution in [2.24, 2.45) is 0 Å². The largest absolute Gasteiger partial charge is 0.384 e. The van der Waals surface area contributed by atoms with E-state index in [1.807, 2.05) is 25.1 Å². The third-order valence-electron chi connectivity index (χ3n) is 2.09. The smallest absolute Gasteiger partial charge is 0.119 e. The number of aryl methyl sites for hydroxylation is 1. The number of H-pyrrole nitrogens is 1. The Morgan fingerprint density at radius 1 is 1.46 bits per heavy atom. The summed E-state index contributed by atoms with van der Waals surface area (Å²) in [5.74, 6) is 0.447. The molecule has 0 unspecified atom stereocenters. The predicted octanol–water partition coefficient (Wildman–Crippen LogP) is 1.93. The number of aromatic nitrogens is 1. The maximum Gasteiger partial charge on any atom is 0.119 e. The maximum atomic E-state index is 8.85. The van der Waals surface area contributed by atoms with E-state index in [2.05, 4.69) is 11.1 Å². The van der Waals surface area contributed by atoms with E-state index in [0.717, 1.165) is 16.5 Å². The highest BCUT2D eigenvalue weighted by molar-refractivity contribution is 5.91. The fourth-order valence-corrected chi connectivity index (χ4v) is 1.45. The summed E-state index contributed by atoms with van der Waals surface area (Å²) in [6.07, 6.45) is 0. The van der Waals surface area contributed by atoms with Crippen molar-refractivity contribution in [3.05, 3.63) is 29.3 Å². The number of nitrogens with two attached hydrogens (primary N) is 1. The second-order valence-electron chi connectivity index (χ2n) is 3.07.